The van der Waals surface area contributed by atoms with Crippen LogP contribution in [0.15, 0.2) is 48.5 Å². The van der Waals surface area contributed by atoms with Crippen molar-refractivity contribution in [1.82, 2.24) is 0 Å². The largest absolute Gasteiger partial charge is 0.489 e. The number of methoxy groups -OCH3 is 1. The lowest BCUT2D eigenvalue weighted by molar-refractivity contribution is -0.149. The lowest BCUT2D eigenvalue weighted by atomic mass is 9.55. The van der Waals surface area contributed by atoms with E-state index in [0.717, 1.165) is 37.0 Å². The fraction of sp³-hybridized carbons (Fsp3) is 0.481. The van der Waals surface area contributed by atoms with Gasteiger partial charge in [0.2, 0.25) is 0 Å². The summed E-state index contributed by atoms with van der Waals surface area (Å²) >= 11 is 0. The molecule has 1 unspecified atom stereocenters. The number of aryl methyl sites for hydroxylation is 1. The summed E-state index contributed by atoms with van der Waals surface area (Å²) in [4.78, 5) is 25.3. The molecule has 0 amide bonds. The molecule has 0 aliphatic heterocycles. The molecule has 0 bridgehead atoms. The maximum atomic E-state index is 13.1. The van der Waals surface area contributed by atoms with Gasteiger partial charge in [0.1, 0.15) is 18.3 Å². The second kappa shape index (κ2) is 7.81. The number of ketones is 1. The Morgan fingerprint density at radius 2 is 1.94 bits per heavy atom. The van der Waals surface area contributed by atoms with Crippen LogP contribution in [0.25, 0.3) is 0 Å². The Morgan fingerprint density at radius 3 is 2.71 bits per heavy atom. The molecule has 31 heavy (non-hydrogen) atoms. The van der Waals surface area contributed by atoms with Crippen molar-refractivity contribution >= 4 is 11.8 Å². The standard InChI is InChI=1S/C27H30O4/c1-27-13-12-21-20-11-9-19(31-16-17-6-4-3-5-7-17)14-18(20)8-10-22(21)24(27)15-23(25(27)28)26(29)30-2/h3-7,9,11,14,21-24H,8,10,12-13,15-16H2,1-2H3/t21-,22-,23?,24+,27+/m1/s1. The summed E-state index contributed by atoms with van der Waals surface area (Å²) in [7, 11) is 1.39. The normalized spacial score (nSPS) is 31.4. The number of carbonyl (C=O) groups is 2. The second-order valence-corrected chi connectivity index (χ2v) is 9.68. The van der Waals surface area contributed by atoms with Crippen molar-refractivity contribution in [2.45, 2.75) is 51.6 Å². The lowest BCUT2D eigenvalue weighted by Gasteiger charge is -2.48. The zero-order chi connectivity index (χ0) is 21.6. The zero-order valence-corrected chi connectivity index (χ0v) is 18.3. The van der Waals surface area contributed by atoms with Gasteiger partial charge in [-0.2, -0.15) is 0 Å². The summed E-state index contributed by atoms with van der Waals surface area (Å²) in [5.41, 5.74) is 3.58. The summed E-state index contributed by atoms with van der Waals surface area (Å²) in [6, 6.07) is 16.8. The summed E-state index contributed by atoms with van der Waals surface area (Å²) in [6.45, 7) is 2.67. The van der Waals surface area contributed by atoms with E-state index in [1.807, 2.05) is 18.2 Å². The van der Waals surface area contributed by atoms with Crippen LogP contribution in [0.4, 0.5) is 0 Å². The van der Waals surface area contributed by atoms with Crippen molar-refractivity contribution in [2.75, 3.05) is 7.11 Å². The predicted molar refractivity (Wildman–Crippen MR) is 118 cm³/mol. The monoisotopic (exact) mass is 418 g/mol. The molecule has 0 aromatic heterocycles. The van der Waals surface area contributed by atoms with E-state index in [4.69, 9.17) is 9.47 Å². The van der Waals surface area contributed by atoms with Crippen molar-refractivity contribution in [3.8, 4) is 5.75 Å². The molecule has 5 atom stereocenters. The summed E-state index contributed by atoms with van der Waals surface area (Å²) in [5, 5.41) is 0. The number of rotatable bonds is 4. The Balaban J connectivity index is 1.35. The number of esters is 1. The van der Waals surface area contributed by atoms with Crippen LogP contribution in [0.1, 0.15) is 55.2 Å². The summed E-state index contributed by atoms with van der Waals surface area (Å²) in [6.07, 6.45) is 4.59. The van der Waals surface area contributed by atoms with E-state index in [9.17, 15) is 9.59 Å². The average molecular weight is 419 g/mol. The molecule has 5 rings (SSSR count). The van der Waals surface area contributed by atoms with E-state index in [2.05, 4.69) is 37.3 Å². The highest BCUT2D eigenvalue weighted by atomic mass is 16.5. The van der Waals surface area contributed by atoms with Crippen LogP contribution in [-0.4, -0.2) is 18.9 Å². The number of ether oxygens (including phenoxy) is 2. The Bertz CT molecular complexity index is 998. The summed E-state index contributed by atoms with van der Waals surface area (Å²) < 4.78 is 11.0. The highest BCUT2D eigenvalue weighted by molar-refractivity contribution is 6.04. The number of benzene rings is 2. The molecular weight excluding hydrogens is 388 g/mol. The molecule has 2 fully saturated rings. The maximum absolute atomic E-state index is 13.1. The van der Waals surface area contributed by atoms with Crippen LogP contribution in [0, 0.1) is 23.2 Å². The number of Topliss-reactive ketones (excluding diaryl/α,β-unsaturated/α-hetero) is 1. The number of hydrogen-bond donors (Lipinski definition) is 0. The van der Waals surface area contributed by atoms with E-state index < -0.39 is 5.92 Å². The Morgan fingerprint density at radius 1 is 1.13 bits per heavy atom. The lowest BCUT2D eigenvalue weighted by Crippen LogP contribution is -2.42. The Hall–Kier alpha value is -2.62. The first kappa shape index (κ1) is 20.3. The molecule has 0 heterocycles. The van der Waals surface area contributed by atoms with Gasteiger partial charge >= 0.3 is 5.97 Å². The first-order valence-corrected chi connectivity index (χ1v) is 11.4. The molecule has 0 radical (unpaired) electrons. The van der Waals surface area contributed by atoms with Gasteiger partial charge in [-0.25, -0.2) is 0 Å². The van der Waals surface area contributed by atoms with E-state index >= 15 is 0 Å². The molecule has 4 heteroatoms. The van der Waals surface area contributed by atoms with Gasteiger partial charge in [-0.3, -0.25) is 9.59 Å². The van der Waals surface area contributed by atoms with Gasteiger partial charge in [0, 0.05) is 5.41 Å². The highest BCUT2D eigenvalue weighted by Gasteiger charge is 2.59. The van der Waals surface area contributed by atoms with Crippen molar-refractivity contribution in [2.24, 2.45) is 23.2 Å². The molecule has 0 spiro atoms. The first-order valence-electron chi connectivity index (χ1n) is 11.4. The van der Waals surface area contributed by atoms with Crippen molar-refractivity contribution in [3.05, 3.63) is 65.2 Å². The fourth-order valence-corrected chi connectivity index (χ4v) is 6.55. The van der Waals surface area contributed by atoms with Crippen LogP contribution in [0.3, 0.4) is 0 Å². The molecule has 2 saturated carbocycles. The van der Waals surface area contributed by atoms with Crippen molar-refractivity contribution < 1.29 is 19.1 Å². The Labute approximate surface area is 183 Å². The molecule has 3 aliphatic rings. The van der Waals surface area contributed by atoms with Crippen molar-refractivity contribution in [1.29, 1.82) is 0 Å². The summed E-state index contributed by atoms with van der Waals surface area (Å²) in [5.74, 6) is 1.30. The van der Waals surface area contributed by atoms with E-state index in [1.54, 1.807) is 0 Å². The number of hydrogen-bond acceptors (Lipinski definition) is 4. The zero-order valence-electron chi connectivity index (χ0n) is 18.3. The van der Waals surface area contributed by atoms with Gasteiger partial charge in [-0.15, -0.1) is 0 Å². The number of fused-ring (bicyclic) bond motifs is 5. The van der Waals surface area contributed by atoms with Gasteiger partial charge in [0.15, 0.2) is 5.78 Å². The molecule has 2 aromatic rings. The minimum Gasteiger partial charge on any atom is -0.489 e. The minimum atomic E-state index is -0.575. The third kappa shape index (κ3) is 3.37. The molecule has 4 nitrogen and oxygen atoms in total. The van der Waals surface area contributed by atoms with Crippen molar-refractivity contribution in [3.63, 3.8) is 0 Å². The average Bonchev–Trinajstić information content (AvgIpc) is 3.08. The predicted octanol–water partition coefficient (Wildman–Crippen LogP) is 5.09. The minimum absolute atomic E-state index is 0.109. The van der Waals surface area contributed by atoms with Gasteiger partial charge in [-0.05, 0) is 78.7 Å². The molecular formula is C27H30O4. The van der Waals surface area contributed by atoms with Gasteiger partial charge < -0.3 is 9.47 Å². The topological polar surface area (TPSA) is 52.6 Å². The fourth-order valence-electron chi connectivity index (χ4n) is 6.55. The van der Waals surface area contributed by atoms with Crippen LogP contribution in [0.2, 0.25) is 0 Å². The van der Waals surface area contributed by atoms with Crippen LogP contribution < -0.4 is 4.74 Å². The Kier molecular flexibility index (Phi) is 5.11. The number of carbonyl (C=O) groups excluding carboxylic acids is 2. The van der Waals surface area contributed by atoms with E-state index in [1.165, 1.54) is 18.2 Å². The third-order valence-electron chi connectivity index (χ3n) is 8.19. The smallest absolute Gasteiger partial charge is 0.316 e. The van der Waals surface area contributed by atoms with Crippen LogP contribution in [0.5, 0.6) is 5.75 Å². The van der Waals surface area contributed by atoms with Gasteiger partial charge in [0.05, 0.1) is 7.11 Å². The van der Waals surface area contributed by atoms with Gasteiger partial charge in [0.25, 0.3) is 0 Å². The van der Waals surface area contributed by atoms with E-state index in [-0.39, 0.29) is 23.1 Å². The third-order valence-corrected chi connectivity index (χ3v) is 8.19. The maximum Gasteiger partial charge on any atom is 0.316 e. The molecule has 2 aromatic carbocycles. The molecule has 0 N–H and O–H groups in total. The van der Waals surface area contributed by atoms with E-state index in [0.29, 0.717) is 24.9 Å². The second-order valence-electron chi connectivity index (χ2n) is 9.68. The van der Waals surface area contributed by atoms with Gasteiger partial charge in [-0.1, -0.05) is 43.3 Å². The highest BCUT2D eigenvalue weighted by Crippen LogP contribution is 2.61. The molecule has 3 aliphatic carbocycles. The quantitative estimate of drug-likeness (QED) is 0.513. The molecule has 0 saturated heterocycles. The SMILES string of the molecule is COC(=O)C1C[C@H]2[C@@H]3CCc4cc(OCc5ccccc5)ccc4[C@H]3CC[C@]2(C)C1=O. The van der Waals surface area contributed by atoms with Crippen LogP contribution in [-0.2, 0) is 27.4 Å². The van der Waals surface area contributed by atoms with Crippen LogP contribution >= 0.6 is 0 Å². The molecule has 162 valence electrons. The first-order chi connectivity index (χ1) is 15.0.